The molecule has 2 aliphatic rings. The number of hydrogen-bond acceptors (Lipinski definition) is 4. The van der Waals surface area contributed by atoms with E-state index in [2.05, 4.69) is 21.8 Å². The van der Waals surface area contributed by atoms with E-state index < -0.39 is 5.54 Å². The van der Waals surface area contributed by atoms with Crippen LogP contribution in [0.25, 0.3) is 0 Å². The molecule has 3 heterocycles. The van der Waals surface area contributed by atoms with E-state index in [1.807, 2.05) is 30.5 Å². The molecule has 150 valence electrons. The van der Waals surface area contributed by atoms with Gasteiger partial charge in [-0.05, 0) is 56.5 Å². The number of anilines is 1. The number of carbonyl (C=O) groups is 2. The molecule has 1 aromatic carbocycles. The van der Waals surface area contributed by atoms with E-state index in [-0.39, 0.29) is 30.8 Å². The summed E-state index contributed by atoms with van der Waals surface area (Å²) in [6, 6.07) is 9.82. The van der Waals surface area contributed by atoms with Gasteiger partial charge in [-0.1, -0.05) is 18.2 Å². The van der Waals surface area contributed by atoms with Crippen LogP contribution in [-0.2, 0) is 21.5 Å². The van der Waals surface area contributed by atoms with Gasteiger partial charge in [-0.2, -0.15) is 5.10 Å². The van der Waals surface area contributed by atoms with Gasteiger partial charge in [0.25, 0.3) is 0 Å². The Morgan fingerprint density at radius 2 is 1.96 bits per heavy atom. The molecule has 1 aromatic heterocycles. The van der Waals surface area contributed by atoms with Crippen LogP contribution >= 0.6 is 12.4 Å². The average Bonchev–Trinajstić information content (AvgIpc) is 3.27. The minimum atomic E-state index is -0.727. The molecular weight excluding hydrogens is 378 g/mol. The largest absolute Gasteiger partial charge is 0.345 e. The van der Waals surface area contributed by atoms with Gasteiger partial charge in [0.1, 0.15) is 5.54 Å². The number of aryl methyl sites for hydroxylation is 1. The van der Waals surface area contributed by atoms with Crippen molar-refractivity contribution < 1.29 is 9.59 Å². The number of halogens is 1. The number of para-hydroxylation sites is 1. The number of nitrogens with one attached hydrogen (secondary N) is 2. The summed E-state index contributed by atoms with van der Waals surface area (Å²) >= 11 is 0. The highest BCUT2D eigenvalue weighted by molar-refractivity contribution is 5.98. The summed E-state index contributed by atoms with van der Waals surface area (Å²) in [7, 11) is 0. The van der Waals surface area contributed by atoms with E-state index >= 15 is 0 Å². The van der Waals surface area contributed by atoms with E-state index in [1.54, 1.807) is 15.8 Å². The highest BCUT2D eigenvalue weighted by Crippen LogP contribution is 2.28. The quantitative estimate of drug-likeness (QED) is 0.810. The molecule has 0 unspecified atom stereocenters. The lowest BCUT2D eigenvalue weighted by molar-refractivity contribution is -0.133. The summed E-state index contributed by atoms with van der Waals surface area (Å²) in [5.41, 5.74) is 1.43. The molecule has 0 radical (unpaired) electrons. The Morgan fingerprint density at radius 3 is 2.71 bits per heavy atom. The van der Waals surface area contributed by atoms with Crippen LogP contribution < -0.4 is 15.5 Å². The number of hydrogen-bond donors (Lipinski definition) is 2. The van der Waals surface area contributed by atoms with Crippen LogP contribution in [0.5, 0.6) is 0 Å². The van der Waals surface area contributed by atoms with Gasteiger partial charge in [-0.15, -0.1) is 12.4 Å². The normalized spacial score (nSPS) is 17.9. The average molecular weight is 404 g/mol. The molecule has 0 atom stereocenters. The highest BCUT2D eigenvalue weighted by atomic mass is 35.5. The van der Waals surface area contributed by atoms with Crippen molar-refractivity contribution in [2.75, 3.05) is 31.1 Å². The van der Waals surface area contributed by atoms with E-state index in [0.717, 1.165) is 31.6 Å². The number of fused-ring (bicyclic) bond motifs is 1. The first-order chi connectivity index (χ1) is 13.2. The monoisotopic (exact) mass is 403 g/mol. The number of benzene rings is 1. The van der Waals surface area contributed by atoms with Crippen molar-refractivity contribution in [3.63, 3.8) is 0 Å². The molecule has 8 heteroatoms. The minimum absolute atomic E-state index is 0. The predicted molar refractivity (Wildman–Crippen MR) is 110 cm³/mol. The molecule has 0 bridgehead atoms. The minimum Gasteiger partial charge on any atom is -0.345 e. The molecule has 0 spiro atoms. The zero-order valence-electron chi connectivity index (χ0n) is 15.8. The third kappa shape index (κ3) is 3.77. The standard InChI is InChI=1S/C20H25N5O2.ClH/c26-18(24-13-3-6-16-5-1-2-7-17(16)24)15-22-19(27)20(8-11-21-12-9-20)25-14-4-10-23-25;/h1-2,4-5,7,10,14,21H,3,6,8-9,11-13,15H2,(H,22,27);1H. The van der Waals surface area contributed by atoms with Crippen molar-refractivity contribution in [1.29, 1.82) is 0 Å². The van der Waals surface area contributed by atoms with Crippen LogP contribution in [0.15, 0.2) is 42.7 Å². The van der Waals surface area contributed by atoms with Gasteiger partial charge in [-0.25, -0.2) is 0 Å². The molecule has 2 amide bonds. The predicted octanol–water partition coefficient (Wildman–Crippen LogP) is 1.48. The highest BCUT2D eigenvalue weighted by Gasteiger charge is 2.42. The second kappa shape index (κ2) is 8.75. The molecule has 2 aromatic rings. The second-order valence-corrected chi connectivity index (χ2v) is 7.19. The van der Waals surface area contributed by atoms with Crippen LogP contribution in [0.1, 0.15) is 24.8 Å². The molecule has 2 aliphatic heterocycles. The Hall–Kier alpha value is -2.38. The van der Waals surface area contributed by atoms with Gasteiger partial charge in [-0.3, -0.25) is 14.3 Å². The second-order valence-electron chi connectivity index (χ2n) is 7.19. The Labute approximate surface area is 170 Å². The first-order valence-electron chi connectivity index (χ1n) is 9.58. The van der Waals surface area contributed by atoms with Gasteiger partial charge >= 0.3 is 0 Å². The number of aromatic nitrogens is 2. The first kappa shape index (κ1) is 20.4. The summed E-state index contributed by atoms with van der Waals surface area (Å²) in [5, 5.41) is 10.5. The van der Waals surface area contributed by atoms with Gasteiger partial charge in [0.05, 0.1) is 6.54 Å². The third-order valence-electron chi connectivity index (χ3n) is 5.61. The molecule has 28 heavy (non-hydrogen) atoms. The van der Waals surface area contributed by atoms with Crippen molar-refractivity contribution in [3.05, 3.63) is 48.3 Å². The molecule has 0 saturated carbocycles. The van der Waals surface area contributed by atoms with Gasteiger partial charge in [0.2, 0.25) is 11.8 Å². The van der Waals surface area contributed by atoms with Crippen molar-refractivity contribution in [3.8, 4) is 0 Å². The van der Waals surface area contributed by atoms with Gasteiger partial charge < -0.3 is 15.5 Å². The molecule has 7 nitrogen and oxygen atoms in total. The molecule has 4 rings (SSSR count). The lowest BCUT2D eigenvalue weighted by Gasteiger charge is -2.36. The fourth-order valence-electron chi connectivity index (χ4n) is 4.13. The van der Waals surface area contributed by atoms with Crippen molar-refractivity contribution >= 4 is 29.9 Å². The maximum atomic E-state index is 13.1. The summed E-state index contributed by atoms with van der Waals surface area (Å²) in [5.74, 6) is -0.202. The number of amides is 2. The molecule has 2 N–H and O–H groups in total. The van der Waals surface area contributed by atoms with E-state index in [1.165, 1.54) is 5.56 Å². The lowest BCUT2D eigenvalue weighted by atomic mass is 9.87. The van der Waals surface area contributed by atoms with E-state index in [4.69, 9.17) is 0 Å². The zero-order valence-corrected chi connectivity index (χ0v) is 16.6. The van der Waals surface area contributed by atoms with Crippen LogP contribution in [-0.4, -0.2) is 47.8 Å². The van der Waals surface area contributed by atoms with Crippen molar-refractivity contribution in [1.82, 2.24) is 20.4 Å². The van der Waals surface area contributed by atoms with E-state index in [0.29, 0.717) is 19.4 Å². The lowest BCUT2D eigenvalue weighted by Crippen LogP contribution is -2.56. The van der Waals surface area contributed by atoms with Crippen molar-refractivity contribution in [2.24, 2.45) is 0 Å². The summed E-state index contributed by atoms with van der Waals surface area (Å²) in [6.45, 7) is 2.20. The Morgan fingerprint density at radius 1 is 1.18 bits per heavy atom. The maximum Gasteiger partial charge on any atom is 0.248 e. The third-order valence-corrected chi connectivity index (χ3v) is 5.61. The zero-order chi connectivity index (χ0) is 18.7. The number of rotatable bonds is 4. The number of piperidine rings is 1. The Bertz CT molecular complexity index is 818. The van der Waals surface area contributed by atoms with Crippen molar-refractivity contribution in [2.45, 2.75) is 31.2 Å². The SMILES string of the molecule is Cl.O=C(CNC(=O)C1(n2cccn2)CCNCC1)N1CCCc2ccccc21. The smallest absolute Gasteiger partial charge is 0.248 e. The van der Waals surface area contributed by atoms with Crippen LogP contribution in [0, 0.1) is 0 Å². The summed E-state index contributed by atoms with van der Waals surface area (Å²) in [6.07, 6.45) is 6.75. The summed E-state index contributed by atoms with van der Waals surface area (Å²) in [4.78, 5) is 27.7. The number of nitrogens with zero attached hydrogens (tertiary/aromatic N) is 3. The Kier molecular flexibility index (Phi) is 6.36. The summed E-state index contributed by atoms with van der Waals surface area (Å²) < 4.78 is 1.74. The first-order valence-corrected chi connectivity index (χ1v) is 9.58. The van der Waals surface area contributed by atoms with Crippen LogP contribution in [0.4, 0.5) is 5.69 Å². The van der Waals surface area contributed by atoms with Gasteiger partial charge in [0, 0.05) is 24.6 Å². The fourth-order valence-corrected chi connectivity index (χ4v) is 4.13. The van der Waals surface area contributed by atoms with Crippen LogP contribution in [0.2, 0.25) is 0 Å². The fraction of sp³-hybridized carbons (Fsp3) is 0.450. The molecule has 1 fully saturated rings. The van der Waals surface area contributed by atoms with Gasteiger partial charge in [0.15, 0.2) is 0 Å². The van der Waals surface area contributed by atoms with E-state index in [9.17, 15) is 9.59 Å². The molecule has 1 saturated heterocycles. The topological polar surface area (TPSA) is 79.3 Å². The molecular formula is C20H26ClN5O2. The van der Waals surface area contributed by atoms with Crippen LogP contribution in [0.3, 0.4) is 0 Å². The Balaban J connectivity index is 0.00000225. The maximum absolute atomic E-state index is 13.1. The number of carbonyl (C=O) groups excluding carboxylic acids is 2. The molecule has 0 aliphatic carbocycles.